The van der Waals surface area contributed by atoms with E-state index in [0.717, 1.165) is 30.5 Å². The zero-order chi connectivity index (χ0) is 19.8. The molecule has 1 aromatic heterocycles. The van der Waals surface area contributed by atoms with Crippen molar-refractivity contribution in [1.29, 1.82) is 0 Å². The van der Waals surface area contributed by atoms with Crippen LogP contribution in [0, 0.1) is 11.8 Å². The van der Waals surface area contributed by atoms with Crippen LogP contribution in [0.1, 0.15) is 12.8 Å². The summed E-state index contributed by atoms with van der Waals surface area (Å²) in [4.78, 5) is 27.4. The highest BCUT2D eigenvalue weighted by Crippen LogP contribution is 2.40. The third-order valence-electron chi connectivity index (χ3n) is 6.22. The maximum atomic E-state index is 12.9. The molecular weight excluding hydrogens is 366 g/mol. The highest BCUT2D eigenvalue weighted by Gasteiger charge is 2.45. The Morgan fingerprint density at radius 2 is 1.83 bits per heavy atom. The van der Waals surface area contributed by atoms with Gasteiger partial charge in [0.15, 0.2) is 0 Å². The van der Waals surface area contributed by atoms with E-state index in [2.05, 4.69) is 5.10 Å². The van der Waals surface area contributed by atoms with E-state index in [1.807, 2.05) is 53.4 Å². The summed E-state index contributed by atoms with van der Waals surface area (Å²) in [5.41, 5.74) is -0.221. The molecule has 0 radical (unpaired) electrons. The minimum atomic E-state index is -0.221. The highest BCUT2D eigenvalue weighted by molar-refractivity contribution is 5.81. The number of benzene rings is 2. The van der Waals surface area contributed by atoms with Crippen LogP contribution in [0.25, 0.3) is 10.8 Å². The van der Waals surface area contributed by atoms with Crippen LogP contribution in [-0.2, 0) is 11.3 Å². The van der Waals surface area contributed by atoms with E-state index in [-0.39, 0.29) is 24.1 Å². The van der Waals surface area contributed by atoms with E-state index in [0.29, 0.717) is 23.8 Å². The maximum absolute atomic E-state index is 12.9. The summed E-state index contributed by atoms with van der Waals surface area (Å²) in [7, 11) is 0. The van der Waals surface area contributed by atoms with Crippen molar-refractivity contribution in [2.75, 3.05) is 13.1 Å². The summed E-state index contributed by atoms with van der Waals surface area (Å²) in [6.07, 6.45) is 3.88. The van der Waals surface area contributed by atoms with Gasteiger partial charge in [0.1, 0.15) is 18.4 Å². The average Bonchev–Trinajstić information content (AvgIpc) is 3.33. The summed E-state index contributed by atoms with van der Waals surface area (Å²) in [6.45, 7) is 1.40. The van der Waals surface area contributed by atoms with Gasteiger partial charge in [-0.2, -0.15) is 5.10 Å². The van der Waals surface area contributed by atoms with Crippen LogP contribution in [0.5, 0.6) is 5.75 Å². The van der Waals surface area contributed by atoms with Gasteiger partial charge in [-0.3, -0.25) is 9.59 Å². The molecule has 29 heavy (non-hydrogen) atoms. The van der Waals surface area contributed by atoms with Crippen LogP contribution in [-0.4, -0.2) is 39.8 Å². The number of para-hydroxylation sites is 1. The normalized spacial score (nSPS) is 23.3. The minimum absolute atomic E-state index is 0.0205. The predicted octanol–water partition coefficient (Wildman–Crippen LogP) is 2.71. The second-order valence-electron chi connectivity index (χ2n) is 7.96. The average molecular weight is 389 g/mol. The zero-order valence-electron chi connectivity index (χ0n) is 16.1. The number of fused-ring (bicyclic) bond motifs is 2. The van der Waals surface area contributed by atoms with Gasteiger partial charge in [-0.25, -0.2) is 4.68 Å². The molecule has 2 aliphatic rings. The molecule has 1 amide bonds. The fraction of sp³-hybridized carbons (Fsp3) is 0.348. The molecule has 2 heterocycles. The standard InChI is InChI=1S/C23H23N3O3/c27-22(15-26-23(28)19-9-5-4-6-16(19)12-24-26)25-13-17-10-11-21(20(17)14-25)29-18-7-2-1-3-8-18/h1-9,12,17,20-21H,10-11,13-15H2/t17-,20+,21-/m0/s1. The maximum Gasteiger partial charge on any atom is 0.275 e. The fourth-order valence-electron chi connectivity index (χ4n) is 4.71. The first kappa shape index (κ1) is 17.9. The number of rotatable bonds is 4. The number of likely N-dealkylation sites (tertiary alicyclic amines) is 1. The molecule has 5 rings (SSSR count). The van der Waals surface area contributed by atoms with Gasteiger partial charge in [0.25, 0.3) is 5.56 Å². The Hall–Kier alpha value is -3.15. The van der Waals surface area contributed by atoms with Crippen LogP contribution < -0.4 is 10.3 Å². The lowest BCUT2D eigenvalue weighted by molar-refractivity contribution is -0.131. The van der Waals surface area contributed by atoms with Gasteiger partial charge in [-0.05, 0) is 37.0 Å². The summed E-state index contributed by atoms with van der Waals surface area (Å²) in [5.74, 6) is 1.65. The van der Waals surface area contributed by atoms with Crippen LogP contribution in [0.15, 0.2) is 65.6 Å². The zero-order valence-corrected chi connectivity index (χ0v) is 16.1. The van der Waals surface area contributed by atoms with E-state index in [1.165, 1.54) is 4.68 Å². The number of carbonyl (C=O) groups excluding carboxylic acids is 1. The van der Waals surface area contributed by atoms with Gasteiger partial charge in [0.2, 0.25) is 5.91 Å². The Morgan fingerprint density at radius 3 is 2.69 bits per heavy atom. The van der Waals surface area contributed by atoms with Gasteiger partial charge in [0, 0.05) is 24.4 Å². The Labute approximate surface area is 168 Å². The Morgan fingerprint density at radius 1 is 1.03 bits per heavy atom. The van der Waals surface area contributed by atoms with Gasteiger partial charge in [-0.1, -0.05) is 36.4 Å². The SMILES string of the molecule is O=C(Cn1ncc2ccccc2c1=O)N1C[C@@H]2CC[C@H](Oc3ccccc3)[C@@H]2C1. The molecule has 0 N–H and O–H groups in total. The Kier molecular flexibility index (Phi) is 4.54. The van der Waals surface area contributed by atoms with E-state index < -0.39 is 0 Å². The molecule has 3 aromatic rings. The molecule has 1 aliphatic heterocycles. The van der Waals surface area contributed by atoms with E-state index in [4.69, 9.17) is 4.74 Å². The topological polar surface area (TPSA) is 64.4 Å². The van der Waals surface area contributed by atoms with Crippen molar-refractivity contribution in [3.63, 3.8) is 0 Å². The lowest BCUT2D eigenvalue weighted by Crippen LogP contribution is -2.37. The highest BCUT2D eigenvalue weighted by atomic mass is 16.5. The van der Waals surface area contributed by atoms with Crippen molar-refractivity contribution >= 4 is 16.7 Å². The molecule has 2 aromatic carbocycles. The van der Waals surface area contributed by atoms with E-state index in [9.17, 15) is 9.59 Å². The van der Waals surface area contributed by atoms with Gasteiger partial charge in [0.05, 0.1) is 11.6 Å². The van der Waals surface area contributed by atoms with Gasteiger partial charge in [-0.15, -0.1) is 0 Å². The van der Waals surface area contributed by atoms with Crippen molar-refractivity contribution in [3.8, 4) is 5.75 Å². The van der Waals surface area contributed by atoms with Gasteiger partial charge >= 0.3 is 0 Å². The Balaban J connectivity index is 1.28. The fourth-order valence-corrected chi connectivity index (χ4v) is 4.71. The molecule has 1 aliphatic carbocycles. The second kappa shape index (κ2) is 7.35. The molecule has 0 unspecified atom stereocenters. The monoisotopic (exact) mass is 389 g/mol. The number of nitrogens with zero attached hydrogens (tertiary/aromatic N) is 3. The third-order valence-corrected chi connectivity index (χ3v) is 6.22. The van der Waals surface area contributed by atoms with Crippen molar-refractivity contribution in [2.45, 2.75) is 25.5 Å². The predicted molar refractivity (Wildman–Crippen MR) is 110 cm³/mol. The van der Waals surface area contributed by atoms with Crippen molar-refractivity contribution < 1.29 is 9.53 Å². The van der Waals surface area contributed by atoms with Crippen LogP contribution in [0.3, 0.4) is 0 Å². The molecule has 0 spiro atoms. The van der Waals surface area contributed by atoms with Gasteiger partial charge < -0.3 is 9.64 Å². The number of ether oxygens (including phenoxy) is 1. The lowest BCUT2D eigenvalue weighted by atomic mass is 9.99. The smallest absolute Gasteiger partial charge is 0.275 e. The first-order valence-corrected chi connectivity index (χ1v) is 10.1. The molecule has 6 nitrogen and oxygen atoms in total. The summed E-state index contributed by atoms with van der Waals surface area (Å²) >= 11 is 0. The summed E-state index contributed by atoms with van der Waals surface area (Å²) in [5, 5.41) is 5.57. The van der Waals surface area contributed by atoms with Crippen LogP contribution >= 0.6 is 0 Å². The molecule has 148 valence electrons. The lowest BCUT2D eigenvalue weighted by Gasteiger charge is -2.22. The second-order valence-corrected chi connectivity index (χ2v) is 7.96. The molecule has 3 atom stereocenters. The summed E-state index contributed by atoms with van der Waals surface area (Å²) < 4.78 is 7.47. The molecule has 0 bridgehead atoms. The van der Waals surface area contributed by atoms with E-state index >= 15 is 0 Å². The van der Waals surface area contributed by atoms with Crippen molar-refractivity contribution in [1.82, 2.24) is 14.7 Å². The number of amides is 1. The molecule has 1 saturated heterocycles. The Bertz CT molecular complexity index is 1100. The number of hydrogen-bond acceptors (Lipinski definition) is 4. The molecule has 6 heteroatoms. The van der Waals surface area contributed by atoms with Crippen LogP contribution in [0.2, 0.25) is 0 Å². The van der Waals surface area contributed by atoms with E-state index in [1.54, 1.807) is 12.3 Å². The third kappa shape index (κ3) is 3.39. The molecule has 1 saturated carbocycles. The van der Waals surface area contributed by atoms with Crippen molar-refractivity contribution in [3.05, 3.63) is 71.1 Å². The quantitative estimate of drug-likeness (QED) is 0.688. The largest absolute Gasteiger partial charge is 0.490 e. The minimum Gasteiger partial charge on any atom is -0.490 e. The first-order chi connectivity index (χ1) is 14.2. The van der Waals surface area contributed by atoms with Crippen molar-refractivity contribution in [2.24, 2.45) is 11.8 Å². The summed E-state index contributed by atoms with van der Waals surface area (Å²) in [6, 6.07) is 17.2. The number of aromatic nitrogens is 2. The molecular formula is C23H23N3O3. The van der Waals surface area contributed by atoms with Crippen LogP contribution in [0.4, 0.5) is 0 Å². The number of carbonyl (C=O) groups is 1. The first-order valence-electron chi connectivity index (χ1n) is 10.1. The number of hydrogen-bond donors (Lipinski definition) is 0. The molecule has 2 fully saturated rings.